The molecule has 0 radical (unpaired) electrons. The Balaban J connectivity index is 2.49. The molecule has 2 heterocycles. The first kappa shape index (κ1) is 25.2. The quantitative estimate of drug-likeness (QED) is 0.227. The SMILES string of the molecule is COC(=O)c1cccc(-c2c(F)c(N)c3c(Cl)cn([Si](C(C)C)(C(C)C)C(C)C)c3c2F)n1. The fourth-order valence-electron chi connectivity index (χ4n) is 5.56. The lowest BCUT2D eigenvalue weighted by atomic mass is 10.0. The predicted octanol–water partition coefficient (Wildman–Crippen LogP) is 7.03. The molecule has 3 aromatic rings. The third kappa shape index (κ3) is 3.73. The molecule has 0 atom stereocenters. The van der Waals surface area contributed by atoms with Crippen LogP contribution in [0.4, 0.5) is 14.5 Å². The molecule has 0 aliphatic rings. The van der Waals surface area contributed by atoms with Gasteiger partial charge >= 0.3 is 5.97 Å². The first-order valence-corrected chi connectivity index (χ1v) is 13.5. The third-order valence-electron chi connectivity index (χ3n) is 6.70. The molecule has 0 unspecified atom stereocenters. The predicted molar refractivity (Wildman–Crippen MR) is 132 cm³/mol. The minimum absolute atomic E-state index is 0.0451. The Kier molecular flexibility index (Phi) is 6.91. The molecule has 0 amide bonds. The Bertz CT molecular complexity index is 1200. The summed E-state index contributed by atoms with van der Waals surface area (Å²) in [5, 5.41) is 0.375. The van der Waals surface area contributed by atoms with Crippen molar-refractivity contribution in [1.29, 1.82) is 0 Å². The van der Waals surface area contributed by atoms with Crippen LogP contribution >= 0.6 is 11.6 Å². The molecule has 0 fully saturated rings. The molecule has 0 bridgehead atoms. The van der Waals surface area contributed by atoms with E-state index < -0.39 is 25.8 Å². The Morgan fingerprint density at radius 3 is 2.18 bits per heavy atom. The van der Waals surface area contributed by atoms with E-state index in [0.717, 1.165) is 0 Å². The molecule has 2 aromatic heterocycles. The first-order valence-electron chi connectivity index (χ1n) is 10.9. The van der Waals surface area contributed by atoms with Crippen LogP contribution in [0.25, 0.3) is 22.2 Å². The number of fused-ring (bicyclic) bond motifs is 1. The van der Waals surface area contributed by atoms with Crippen molar-refractivity contribution in [2.75, 3.05) is 12.8 Å². The number of esters is 1. The Morgan fingerprint density at radius 1 is 1.09 bits per heavy atom. The molecular weight excluding hydrogens is 464 g/mol. The second-order valence-corrected chi connectivity index (χ2v) is 15.4. The van der Waals surface area contributed by atoms with Crippen molar-refractivity contribution in [3.05, 3.63) is 46.7 Å². The van der Waals surface area contributed by atoms with Crippen molar-refractivity contribution in [2.24, 2.45) is 0 Å². The van der Waals surface area contributed by atoms with E-state index >= 15 is 8.78 Å². The van der Waals surface area contributed by atoms with Crippen molar-refractivity contribution in [2.45, 2.75) is 58.2 Å². The van der Waals surface area contributed by atoms with Gasteiger partial charge in [0.2, 0.25) is 0 Å². The number of ether oxygens (including phenoxy) is 1. The number of methoxy groups -OCH3 is 1. The van der Waals surface area contributed by atoms with Gasteiger partial charge in [0.05, 0.1) is 34.6 Å². The summed E-state index contributed by atoms with van der Waals surface area (Å²) in [7, 11) is -1.24. The Hall–Kier alpha value is -2.45. The maximum Gasteiger partial charge on any atom is 0.356 e. The summed E-state index contributed by atoms with van der Waals surface area (Å²) in [4.78, 5) is 16.1. The summed E-state index contributed by atoms with van der Waals surface area (Å²) in [6, 6.07) is 4.35. The molecule has 33 heavy (non-hydrogen) atoms. The summed E-state index contributed by atoms with van der Waals surface area (Å²) in [5.41, 5.74) is 6.35. The first-order chi connectivity index (χ1) is 15.4. The molecule has 1 aromatic carbocycles. The van der Waals surface area contributed by atoms with Gasteiger partial charge in [-0.15, -0.1) is 0 Å². The molecule has 0 saturated heterocycles. The smallest absolute Gasteiger partial charge is 0.356 e. The van der Waals surface area contributed by atoms with Gasteiger partial charge in [-0.05, 0) is 28.8 Å². The van der Waals surface area contributed by atoms with E-state index in [9.17, 15) is 4.79 Å². The number of hydrogen-bond donors (Lipinski definition) is 1. The third-order valence-corrected chi connectivity index (χ3v) is 13.7. The van der Waals surface area contributed by atoms with Gasteiger partial charge in [-0.25, -0.2) is 18.6 Å². The highest BCUT2D eigenvalue weighted by Gasteiger charge is 2.47. The summed E-state index contributed by atoms with van der Waals surface area (Å²) >= 11 is 6.54. The number of pyridine rings is 1. The molecule has 5 nitrogen and oxygen atoms in total. The lowest BCUT2D eigenvalue weighted by molar-refractivity contribution is 0.0594. The number of halogens is 3. The number of anilines is 1. The summed E-state index contributed by atoms with van der Waals surface area (Å²) < 4.78 is 38.4. The topological polar surface area (TPSA) is 70.1 Å². The van der Waals surface area contributed by atoms with Gasteiger partial charge in [-0.1, -0.05) is 59.2 Å². The van der Waals surface area contributed by atoms with E-state index in [-0.39, 0.29) is 55.2 Å². The normalized spacial score (nSPS) is 12.4. The van der Waals surface area contributed by atoms with Crippen LogP contribution in [0.15, 0.2) is 24.4 Å². The molecular formula is C24H30ClF2N3O2Si. The monoisotopic (exact) mass is 493 g/mol. The van der Waals surface area contributed by atoms with Crippen molar-refractivity contribution in [3.8, 4) is 11.3 Å². The summed E-state index contributed by atoms with van der Waals surface area (Å²) in [5.74, 6) is -2.46. The molecule has 178 valence electrons. The van der Waals surface area contributed by atoms with Gasteiger partial charge in [0, 0.05) is 11.6 Å². The van der Waals surface area contributed by atoms with E-state index in [1.807, 2.05) is 4.23 Å². The van der Waals surface area contributed by atoms with Gasteiger partial charge in [0.15, 0.2) is 19.9 Å². The van der Waals surface area contributed by atoms with Gasteiger partial charge in [0.1, 0.15) is 5.69 Å². The van der Waals surface area contributed by atoms with Crippen molar-refractivity contribution in [3.63, 3.8) is 0 Å². The number of rotatable bonds is 6. The maximum atomic E-state index is 16.3. The molecule has 2 N–H and O–H groups in total. The van der Waals surface area contributed by atoms with Gasteiger partial charge in [-0.3, -0.25) is 0 Å². The summed E-state index contributed by atoms with van der Waals surface area (Å²) in [6.45, 7) is 12.8. The number of carbonyl (C=O) groups excluding carboxylic acids is 1. The second kappa shape index (κ2) is 9.06. The van der Waals surface area contributed by atoms with Crippen LogP contribution < -0.4 is 5.73 Å². The zero-order valence-electron chi connectivity index (χ0n) is 20.0. The highest BCUT2D eigenvalue weighted by molar-refractivity contribution is 6.82. The number of hydrogen-bond acceptors (Lipinski definition) is 4. The highest BCUT2D eigenvalue weighted by atomic mass is 35.5. The molecule has 3 rings (SSSR count). The lowest BCUT2D eigenvalue weighted by Gasteiger charge is -2.44. The minimum atomic E-state index is -2.46. The van der Waals surface area contributed by atoms with E-state index in [2.05, 4.69) is 46.5 Å². The van der Waals surface area contributed by atoms with E-state index in [1.165, 1.54) is 25.3 Å². The average Bonchev–Trinajstić information content (AvgIpc) is 3.09. The highest BCUT2D eigenvalue weighted by Crippen LogP contribution is 2.48. The zero-order valence-corrected chi connectivity index (χ0v) is 21.7. The lowest BCUT2D eigenvalue weighted by Crippen LogP contribution is -2.51. The Morgan fingerprint density at radius 2 is 1.67 bits per heavy atom. The number of benzene rings is 1. The van der Waals surface area contributed by atoms with Crippen molar-refractivity contribution >= 4 is 42.4 Å². The van der Waals surface area contributed by atoms with Crippen LogP contribution in [0.5, 0.6) is 0 Å². The fraction of sp³-hybridized carbons (Fsp3) is 0.417. The standard InChI is InChI=1S/C24H30ClF2N3O2Si/c1-12(2)33(13(3)4,14(5)6)30-11-15(25)18-22(28)20(26)19(21(27)23(18)30)16-9-8-10-17(29-16)24(31)32-7/h8-14H,28H2,1-7H3. The minimum Gasteiger partial charge on any atom is -0.464 e. The Labute approximate surface area is 199 Å². The van der Waals surface area contributed by atoms with Gasteiger partial charge < -0.3 is 14.7 Å². The van der Waals surface area contributed by atoms with Crippen LogP contribution in [0.1, 0.15) is 52.0 Å². The largest absolute Gasteiger partial charge is 0.464 e. The number of nitrogen functional groups attached to an aromatic ring is 1. The van der Waals surface area contributed by atoms with E-state index in [0.29, 0.717) is 0 Å². The fourth-order valence-corrected chi connectivity index (χ4v) is 12.6. The van der Waals surface area contributed by atoms with Crippen LogP contribution in [0.3, 0.4) is 0 Å². The number of nitrogens with two attached hydrogens (primary N) is 1. The van der Waals surface area contributed by atoms with Crippen molar-refractivity contribution < 1.29 is 18.3 Å². The molecule has 9 heteroatoms. The number of nitrogens with zero attached hydrogens (tertiary/aromatic N) is 2. The average molecular weight is 494 g/mol. The van der Waals surface area contributed by atoms with E-state index in [4.69, 9.17) is 22.1 Å². The van der Waals surface area contributed by atoms with Crippen LogP contribution in [0.2, 0.25) is 21.6 Å². The van der Waals surface area contributed by atoms with Gasteiger partial charge in [0.25, 0.3) is 0 Å². The number of carbonyl (C=O) groups is 1. The molecule has 0 aliphatic carbocycles. The van der Waals surface area contributed by atoms with Crippen LogP contribution in [-0.2, 0) is 4.74 Å². The molecule has 0 saturated carbocycles. The summed E-state index contributed by atoms with van der Waals surface area (Å²) in [6.07, 6.45) is 1.71. The van der Waals surface area contributed by atoms with Gasteiger partial charge in [-0.2, -0.15) is 0 Å². The molecule has 0 spiro atoms. The zero-order chi connectivity index (χ0) is 24.8. The van der Waals surface area contributed by atoms with Crippen LogP contribution in [0, 0.1) is 11.6 Å². The van der Waals surface area contributed by atoms with E-state index in [1.54, 1.807) is 6.20 Å². The maximum absolute atomic E-state index is 16.3. The second-order valence-electron chi connectivity index (χ2n) is 9.24. The van der Waals surface area contributed by atoms with Crippen LogP contribution in [-0.4, -0.2) is 30.5 Å². The molecule has 0 aliphatic heterocycles. The van der Waals surface area contributed by atoms with Crippen molar-refractivity contribution in [1.82, 2.24) is 9.22 Å². The number of aromatic nitrogens is 2.